The Morgan fingerprint density at radius 1 is 1.08 bits per heavy atom. The topological polar surface area (TPSA) is 67.9 Å². The number of benzene rings is 2. The first kappa shape index (κ1) is 18.4. The van der Waals surface area contributed by atoms with Gasteiger partial charge in [-0.2, -0.15) is 0 Å². The van der Waals surface area contributed by atoms with Crippen LogP contribution in [-0.2, 0) is 4.74 Å². The van der Waals surface area contributed by atoms with Crippen LogP contribution < -0.4 is 10.1 Å². The molecule has 0 spiro atoms. The van der Waals surface area contributed by atoms with E-state index < -0.39 is 0 Å². The van der Waals surface area contributed by atoms with E-state index in [1.165, 1.54) is 0 Å². The van der Waals surface area contributed by atoms with Gasteiger partial charge in [0.25, 0.3) is 11.8 Å². The summed E-state index contributed by atoms with van der Waals surface area (Å²) in [7, 11) is 1.57. The second-order valence-corrected chi connectivity index (χ2v) is 6.64. The van der Waals surface area contributed by atoms with Crippen molar-refractivity contribution in [2.45, 2.75) is 0 Å². The molecule has 1 aliphatic heterocycles. The molecule has 1 aliphatic rings. The Bertz CT molecular complexity index is 802. The fourth-order valence-electron chi connectivity index (χ4n) is 2.66. The molecule has 26 heavy (non-hydrogen) atoms. The lowest BCUT2D eigenvalue weighted by atomic mass is 10.1. The van der Waals surface area contributed by atoms with E-state index >= 15 is 0 Å². The normalized spacial score (nSPS) is 14.0. The van der Waals surface area contributed by atoms with E-state index in [4.69, 9.17) is 9.47 Å². The van der Waals surface area contributed by atoms with Gasteiger partial charge in [0.15, 0.2) is 0 Å². The van der Waals surface area contributed by atoms with Gasteiger partial charge in [0.2, 0.25) is 0 Å². The highest BCUT2D eigenvalue weighted by molar-refractivity contribution is 9.10. The summed E-state index contributed by atoms with van der Waals surface area (Å²) >= 11 is 3.37. The molecule has 2 aromatic carbocycles. The largest absolute Gasteiger partial charge is 0.496 e. The summed E-state index contributed by atoms with van der Waals surface area (Å²) in [5, 5.41) is 2.82. The molecule has 6 nitrogen and oxygen atoms in total. The summed E-state index contributed by atoms with van der Waals surface area (Å²) < 4.78 is 11.1. The predicted molar refractivity (Wildman–Crippen MR) is 102 cm³/mol. The van der Waals surface area contributed by atoms with Crippen LogP contribution in [-0.4, -0.2) is 50.1 Å². The molecule has 1 N–H and O–H groups in total. The third kappa shape index (κ3) is 4.23. The highest BCUT2D eigenvalue weighted by Crippen LogP contribution is 2.26. The number of amides is 2. The molecule has 7 heteroatoms. The van der Waals surface area contributed by atoms with Crippen LogP contribution in [0.15, 0.2) is 46.9 Å². The molecule has 1 saturated heterocycles. The lowest BCUT2D eigenvalue weighted by molar-refractivity contribution is 0.0303. The number of rotatable bonds is 4. The fraction of sp³-hybridized carbons (Fsp3) is 0.263. The van der Waals surface area contributed by atoms with Crippen molar-refractivity contribution in [3.8, 4) is 5.75 Å². The highest BCUT2D eigenvalue weighted by Gasteiger charge is 2.18. The zero-order valence-corrected chi connectivity index (χ0v) is 15.9. The molecule has 0 radical (unpaired) electrons. The van der Waals surface area contributed by atoms with E-state index in [1.54, 1.807) is 54.5 Å². The number of halogens is 1. The number of nitrogens with one attached hydrogen (secondary N) is 1. The Hall–Kier alpha value is -2.38. The summed E-state index contributed by atoms with van der Waals surface area (Å²) in [5.41, 5.74) is 1.73. The molecule has 0 unspecified atom stereocenters. The van der Waals surface area contributed by atoms with Gasteiger partial charge in [-0.05, 0) is 58.4 Å². The smallest absolute Gasteiger partial charge is 0.255 e. The quantitative estimate of drug-likeness (QED) is 0.827. The second-order valence-electron chi connectivity index (χ2n) is 5.79. The molecule has 3 rings (SSSR count). The maximum absolute atomic E-state index is 12.4. The average molecular weight is 419 g/mol. The summed E-state index contributed by atoms with van der Waals surface area (Å²) in [6, 6.07) is 12.0. The average Bonchev–Trinajstić information content (AvgIpc) is 2.68. The molecule has 136 valence electrons. The van der Waals surface area contributed by atoms with Gasteiger partial charge in [0.05, 0.1) is 24.8 Å². The van der Waals surface area contributed by atoms with E-state index in [2.05, 4.69) is 21.2 Å². The molecule has 0 aliphatic carbocycles. The number of anilines is 1. The molecule has 1 heterocycles. The Morgan fingerprint density at radius 3 is 2.35 bits per heavy atom. The SMILES string of the molecule is COc1ccc(C(=O)Nc2ccc(C(=O)N3CCOCC3)cc2)cc1Br. The van der Waals surface area contributed by atoms with E-state index in [1.807, 2.05) is 0 Å². The van der Waals surface area contributed by atoms with Gasteiger partial charge in [0.1, 0.15) is 5.75 Å². The van der Waals surface area contributed by atoms with Crippen molar-refractivity contribution in [3.05, 3.63) is 58.1 Å². The first-order chi connectivity index (χ1) is 12.6. The van der Waals surface area contributed by atoms with Crippen molar-refractivity contribution >= 4 is 33.4 Å². The van der Waals surface area contributed by atoms with Crippen LogP contribution in [0.1, 0.15) is 20.7 Å². The Kier molecular flexibility index (Phi) is 5.90. The Morgan fingerprint density at radius 2 is 1.73 bits per heavy atom. The van der Waals surface area contributed by atoms with E-state index in [-0.39, 0.29) is 11.8 Å². The van der Waals surface area contributed by atoms with Gasteiger partial charge in [-0.15, -0.1) is 0 Å². The molecule has 1 fully saturated rings. The number of nitrogens with zero attached hydrogens (tertiary/aromatic N) is 1. The molecular weight excluding hydrogens is 400 g/mol. The third-order valence-corrected chi connectivity index (χ3v) is 4.72. The monoisotopic (exact) mass is 418 g/mol. The summed E-state index contributed by atoms with van der Waals surface area (Å²) in [5.74, 6) is 0.401. The van der Waals surface area contributed by atoms with Gasteiger partial charge in [0, 0.05) is 29.9 Å². The zero-order valence-electron chi connectivity index (χ0n) is 14.3. The van der Waals surface area contributed by atoms with Gasteiger partial charge in [-0.3, -0.25) is 9.59 Å². The van der Waals surface area contributed by atoms with E-state index in [0.29, 0.717) is 53.3 Å². The number of hydrogen-bond acceptors (Lipinski definition) is 4. The minimum atomic E-state index is -0.236. The predicted octanol–water partition coefficient (Wildman–Crippen LogP) is 3.18. The van der Waals surface area contributed by atoms with Gasteiger partial charge < -0.3 is 19.7 Å². The highest BCUT2D eigenvalue weighted by atomic mass is 79.9. The summed E-state index contributed by atoms with van der Waals surface area (Å²) in [4.78, 5) is 26.6. The summed E-state index contributed by atoms with van der Waals surface area (Å²) in [6.07, 6.45) is 0. The van der Waals surface area contributed by atoms with Crippen LogP contribution in [0.2, 0.25) is 0 Å². The maximum atomic E-state index is 12.4. The molecule has 2 amide bonds. The van der Waals surface area contributed by atoms with Crippen LogP contribution in [0.5, 0.6) is 5.75 Å². The van der Waals surface area contributed by atoms with Crippen LogP contribution >= 0.6 is 15.9 Å². The van der Waals surface area contributed by atoms with Crippen molar-refractivity contribution in [1.29, 1.82) is 0 Å². The van der Waals surface area contributed by atoms with Crippen molar-refractivity contribution < 1.29 is 19.1 Å². The standard InChI is InChI=1S/C19H19BrN2O4/c1-25-17-7-4-14(12-16(17)20)18(23)21-15-5-2-13(3-6-15)19(24)22-8-10-26-11-9-22/h2-7,12H,8-11H2,1H3,(H,21,23). The molecule has 0 atom stereocenters. The van der Waals surface area contributed by atoms with Gasteiger partial charge >= 0.3 is 0 Å². The first-order valence-corrected chi connectivity index (χ1v) is 9.00. The van der Waals surface area contributed by atoms with Crippen molar-refractivity contribution in [3.63, 3.8) is 0 Å². The van der Waals surface area contributed by atoms with Crippen molar-refractivity contribution in [1.82, 2.24) is 4.90 Å². The molecule has 0 aromatic heterocycles. The first-order valence-electron chi connectivity index (χ1n) is 8.20. The minimum Gasteiger partial charge on any atom is -0.496 e. The van der Waals surface area contributed by atoms with Crippen LogP contribution in [0.25, 0.3) is 0 Å². The zero-order chi connectivity index (χ0) is 18.5. The molecule has 0 saturated carbocycles. The maximum Gasteiger partial charge on any atom is 0.255 e. The van der Waals surface area contributed by atoms with Crippen molar-refractivity contribution in [2.75, 3.05) is 38.7 Å². The second kappa shape index (κ2) is 8.33. The molecular formula is C19H19BrN2O4. The number of carbonyl (C=O) groups excluding carboxylic acids is 2. The van der Waals surface area contributed by atoms with Gasteiger partial charge in [-0.1, -0.05) is 0 Å². The number of ether oxygens (including phenoxy) is 2. The minimum absolute atomic E-state index is 0.0229. The molecule has 0 bridgehead atoms. The number of hydrogen-bond donors (Lipinski definition) is 1. The van der Waals surface area contributed by atoms with E-state index in [0.717, 1.165) is 0 Å². The fourth-order valence-corrected chi connectivity index (χ4v) is 3.20. The summed E-state index contributed by atoms with van der Waals surface area (Å²) in [6.45, 7) is 2.34. The van der Waals surface area contributed by atoms with Crippen LogP contribution in [0, 0.1) is 0 Å². The molecule has 2 aromatic rings. The van der Waals surface area contributed by atoms with Crippen LogP contribution in [0.4, 0.5) is 5.69 Å². The lowest BCUT2D eigenvalue weighted by Crippen LogP contribution is -2.40. The third-order valence-electron chi connectivity index (χ3n) is 4.10. The Labute approximate surface area is 160 Å². The lowest BCUT2D eigenvalue weighted by Gasteiger charge is -2.26. The van der Waals surface area contributed by atoms with Gasteiger partial charge in [-0.25, -0.2) is 0 Å². The van der Waals surface area contributed by atoms with Crippen molar-refractivity contribution in [2.24, 2.45) is 0 Å². The number of methoxy groups -OCH3 is 1. The number of morpholine rings is 1. The van der Waals surface area contributed by atoms with Crippen LogP contribution in [0.3, 0.4) is 0 Å². The number of carbonyl (C=O) groups is 2. The Balaban J connectivity index is 1.66. The van der Waals surface area contributed by atoms with E-state index in [9.17, 15) is 9.59 Å².